The van der Waals surface area contributed by atoms with Crippen molar-refractivity contribution >= 4 is 39.1 Å². The molecule has 1 spiro atoms. The Balaban J connectivity index is 1.65. The van der Waals surface area contributed by atoms with Crippen molar-refractivity contribution < 1.29 is 27.9 Å². The Morgan fingerprint density at radius 2 is 1.62 bits per heavy atom. The van der Waals surface area contributed by atoms with Crippen LogP contribution in [0.5, 0.6) is 0 Å². The number of anilines is 1. The Morgan fingerprint density at radius 1 is 0.952 bits per heavy atom. The molecule has 1 atom stereocenters. The van der Waals surface area contributed by atoms with Crippen LogP contribution in [0.4, 0.5) is 5.69 Å². The highest BCUT2D eigenvalue weighted by atomic mass is 32.2. The Kier molecular flexibility index (Phi) is 8.28. The lowest BCUT2D eigenvalue weighted by molar-refractivity contribution is -0.143. The van der Waals surface area contributed by atoms with E-state index in [-0.39, 0.29) is 22.6 Å². The number of para-hydroxylation sites is 1. The second kappa shape index (κ2) is 11.6. The van der Waals surface area contributed by atoms with Gasteiger partial charge in [-0.1, -0.05) is 31.5 Å². The third-order valence-electron chi connectivity index (χ3n) is 8.32. The summed E-state index contributed by atoms with van der Waals surface area (Å²) in [4.78, 5) is 46.7. The molecule has 10 nitrogen and oxygen atoms in total. The lowest BCUT2D eigenvalue weighted by atomic mass is 9.82. The average Bonchev–Trinajstić information content (AvgIpc) is 3.36. The molecule has 5 rings (SSSR count). The molecule has 1 unspecified atom stereocenters. The highest BCUT2D eigenvalue weighted by molar-refractivity contribution is 7.89. The topological polar surface area (TPSA) is 119 Å². The largest absolute Gasteiger partial charge is 0.507 e. The SMILES string of the molecule is CCCN1C(=O)C2(C(=C(O)c3ccc(S(=O)(=O)N4CCCCC4)cc3)C(=O)C(=O)N2CCCN(C)C)c2ccccc21. The van der Waals surface area contributed by atoms with Gasteiger partial charge in [-0.25, -0.2) is 8.42 Å². The zero-order valence-electron chi connectivity index (χ0n) is 24.4. The third kappa shape index (κ3) is 4.73. The lowest BCUT2D eigenvalue weighted by Crippen LogP contribution is -2.52. The van der Waals surface area contributed by atoms with Crippen LogP contribution in [0.25, 0.3) is 5.76 Å². The maximum Gasteiger partial charge on any atom is 0.296 e. The second-order valence-corrected chi connectivity index (χ2v) is 13.3. The molecule has 0 saturated carbocycles. The first kappa shape index (κ1) is 29.9. The molecule has 3 aliphatic rings. The fraction of sp³-hybridized carbons (Fsp3) is 0.452. The Morgan fingerprint density at radius 3 is 2.26 bits per heavy atom. The van der Waals surface area contributed by atoms with Crippen LogP contribution in [0.3, 0.4) is 0 Å². The molecule has 2 fully saturated rings. The molecular weight excluding hydrogens is 556 g/mol. The van der Waals surface area contributed by atoms with Crippen LogP contribution in [0, 0.1) is 0 Å². The minimum absolute atomic E-state index is 0.0798. The molecule has 11 heteroatoms. The number of hydrogen-bond donors (Lipinski definition) is 1. The van der Waals surface area contributed by atoms with Crippen molar-refractivity contribution in [3.05, 3.63) is 65.2 Å². The van der Waals surface area contributed by atoms with E-state index in [1.54, 1.807) is 29.2 Å². The molecule has 0 aromatic heterocycles. The van der Waals surface area contributed by atoms with Crippen LogP contribution in [0.2, 0.25) is 0 Å². The quantitative estimate of drug-likeness (QED) is 0.269. The van der Waals surface area contributed by atoms with Crippen molar-refractivity contribution in [2.45, 2.75) is 49.5 Å². The fourth-order valence-corrected chi connectivity index (χ4v) is 7.86. The third-order valence-corrected chi connectivity index (χ3v) is 10.2. The van der Waals surface area contributed by atoms with Crippen molar-refractivity contribution in [3.63, 3.8) is 0 Å². The minimum atomic E-state index is -3.71. The molecule has 1 N–H and O–H groups in total. The molecule has 3 aliphatic heterocycles. The second-order valence-electron chi connectivity index (χ2n) is 11.3. The maximum absolute atomic E-state index is 14.4. The van der Waals surface area contributed by atoms with Crippen molar-refractivity contribution in [2.24, 2.45) is 0 Å². The van der Waals surface area contributed by atoms with E-state index in [9.17, 15) is 27.9 Å². The van der Waals surface area contributed by atoms with Gasteiger partial charge < -0.3 is 19.8 Å². The highest BCUT2D eigenvalue weighted by Crippen LogP contribution is 2.53. The summed E-state index contributed by atoms with van der Waals surface area (Å²) in [6.45, 7) is 3.99. The van der Waals surface area contributed by atoms with E-state index in [0.29, 0.717) is 50.3 Å². The van der Waals surface area contributed by atoms with Crippen molar-refractivity contribution in [1.82, 2.24) is 14.1 Å². The Hall–Kier alpha value is -3.54. The summed E-state index contributed by atoms with van der Waals surface area (Å²) in [6.07, 6.45) is 3.76. The van der Waals surface area contributed by atoms with Gasteiger partial charge in [0.05, 0.1) is 16.2 Å². The first-order chi connectivity index (χ1) is 20.1. The van der Waals surface area contributed by atoms with Crippen molar-refractivity contribution in [3.8, 4) is 0 Å². The van der Waals surface area contributed by atoms with Gasteiger partial charge in [0.15, 0.2) is 5.54 Å². The van der Waals surface area contributed by atoms with Gasteiger partial charge in [0.2, 0.25) is 10.0 Å². The predicted molar refractivity (Wildman–Crippen MR) is 159 cm³/mol. The number of hydrogen-bond acceptors (Lipinski definition) is 7. The molecule has 2 aromatic rings. The van der Waals surface area contributed by atoms with Crippen molar-refractivity contribution in [2.75, 3.05) is 51.7 Å². The van der Waals surface area contributed by atoms with E-state index in [2.05, 4.69) is 0 Å². The van der Waals surface area contributed by atoms with E-state index < -0.39 is 38.9 Å². The molecular formula is C31H38N4O6S. The molecule has 224 valence electrons. The normalized spacial score (nSPS) is 22.5. The van der Waals surface area contributed by atoms with Crippen LogP contribution >= 0.6 is 0 Å². The van der Waals surface area contributed by atoms with Gasteiger partial charge >= 0.3 is 0 Å². The van der Waals surface area contributed by atoms with Gasteiger partial charge in [-0.15, -0.1) is 0 Å². The molecule has 0 radical (unpaired) electrons. The number of Topliss-reactive ketones (excluding diaryl/α,β-unsaturated/α-hetero) is 1. The molecule has 0 bridgehead atoms. The van der Waals surface area contributed by atoms with E-state index in [0.717, 1.165) is 19.3 Å². The number of piperidine rings is 1. The number of sulfonamides is 1. The smallest absolute Gasteiger partial charge is 0.296 e. The number of likely N-dealkylation sites (tertiary alicyclic amines) is 1. The number of carbonyl (C=O) groups is 3. The number of aliphatic hydroxyl groups is 1. The number of benzene rings is 2. The standard InChI is InChI=1S/C31H38N4O6S/c1-4-17-34-25-12-7-6-11-24(25)31(30(34)39)26(28(37)29(38)35(31)21-10-18-32(2)3)27(36)22-13-15-23(16-14-22)42(40,41)33-19-8-5-9-20-33/h6-7,11-16,36H,4-5,8-10,17-21H2,1-3H3. The summed E-state index contributed by atoms with van der Waals surface area (Å²) in [5.74, 6) is -2.75. The van der Waals surface area contributed by atoms with Gasteiger partial charge in [0, 0.05) is 37.3 Å². The molecule has 2 aromatic carbocycles. The summed E-state index contributed by atoms with van der Waals surface area (Å²) in [5.41, 5.74) is -0.900. The number of rotatable bonds is 9. The highest BCUT2D eigenvalue weighted by Gasteiger charge is 2.66. The van der Waals surface area contributed by atoms with Crippen LogP contribution in [-0.2, 0) is 29.9 Å². The van der Waals surface area contributed by atoms with E-state index in [1.165, 1.54) is 33.5 Å². The zero-order chi connectivity index (χ0) is 30.2. The molecule has 3 heterocycles. The number of amides is 2. The first-order valence-corrected chi connectivity index (χ1v) is 16.0. The zero-order valence-corrected chi connectivity index (χ0v) is 25.2. The van der Waals surface area contributed by atoms with Crippen LogP contribution < -0.4 is 4.90 Å². The summed E-state index contributed by atoms with van der Waals surface area (Å²) in [5, 5.41) is 11.7. The number of ketones is 1. The summed E-state index contributed by atoms with van der Waals surface area (Å²) >= 11 is 0. The molecule has 0 aliphatic carbocycles. The van der Waals surface area contributed by atoms with E-state index >= 15 is 0 Å². The number of fused-ring (bicyclic) bond motifs is 2. The van der Waals surface area contributed by atoms with Crippen LogP contribution in [-0.4, -0.2) is 92.0 Å². The summed E-state index contributed by atoms with van der Waals surface area (Å²) in [6, 6.07) is 12.7. The van der Waals surface area contributed by atoms with Gasteiger partial charge in [0.1, 0.15) is 5.76 Å². The van der Waals surface area contributed by atoms with Crippen LogP contribution in [0.15, 0.2) is 59.0 Å². The molecule has 2 amide bonds. The summed E-state index contributed by atoms with van der Waals surface area (Å²) < 4.78 is 27.8. The number of nitrogens with zero attached hydrogens (tertiary/aromatic N) is 4. The van der Waals surface area contributed by atoms with Gasteiger partial charge in [-0.05, 0) is 76.7 Å². The number of carbonyl (C=O) groups excluding carboxylic acids is 3. The van der Waals surface area contributed by atoms with Gasteiger partial charge in [0.25, 0.3) is 17.6 Å². The Labute approximate surface area is 247 Å². The van der Waals surface area contributed by atoms with E-state index in [4.69, 9.17) is 0 Å². The van der Waals surface area contributed by atoms with Gasteiger partial charge in [-0.2, -0.15) is 4.31 Å². The number of aliphatic hydroxyl groups excluding tert-OH is 1. The molecule has 42 heavy (non-hydrogen) atoms. The minimum Gasteiger partial charge on any atom is -0.507 e. The Bertz CT molecular complexity index is 1530. The van der Waals surface area contributed by atoms with Crippen molar-refractivity contribution in [1.29, 1.82) is 0 Å². The average molecular weight is 595 g/mol. The van der Waals surface area contributed by atoms with Crippen LogP contribution in [0.1, 0.15) is 50.2 Å². The molecule has 2 saturated heterocycles. The lowest BCUT2D eigenvalue weighted by Gasteiger charge is -2.34. The fourth-order valence-electron chi connectivity index (χ4n) is 6.34. The first-order valence-electron chi connectivity index (χ1n) is 14.5. The summed E-state index contributed by atoms with van der Waals surface area (Å²) in [7, 11) is 0.0895. The van der Waals surface area contributed by atoms with Gasteiger partial charge in [-0.3, -0.25) is 14.4 Å². The monoisotopic (exact) mass is 594 g/mol. The van der Waals surface area contributed by atoms with E-state index in [1.807, 2.05) is 25.9 Å². The maximum atomic E-state index is 14.4. The predicted octanol–water partition coefficient (Wildman–Crippen LogP) is 3.15.